The molecule has 0 saturated heterocycles. The molecular weight excluding hydrogens is 633 g/mol. The molecule has 0 atom stereocenters. The molecule has 4 heterocycles. The number of hydrogen-bond acceptors (Lipinski definition) is 6. The first-order chi connectivity index (χ1) is 24.8. The highest BCUT2D eigenvalue weighted by atomic mass is 32.1. The van der Waals surface area contributed by atoms with Crippen molar-refractivity contribution in [2.45, 2.75) is 0 Å². The highest BCUT2D eigenvalue weighted by Gasteiger charge is 2.20. The Kier molecular flexibility index (Phi) is 6.60. The molecule has 10 rings (SSSR count). The molecule has 0 N–H and O–H groups in total. The lowest BCUT2D eigenvalue weighted by Crippen LogP contribution is -2.00. The second-order valence-corrected chi connectivity index (χ2v) is 13.3. The number of pyridine rings is 1. The minimum absolute atomic E-state index is 0.550. The number of nitrogens with zero attached hydrogens (tertiary/aromatic N) is 4. The van der Waals surface area contributed by atoms with E-state index in [0.29, 0.717) is 17.5 Å². The largest absolute Gasteiger partial charge is 0.455 e. The lowest BCUT2D eigenvalue weighted by molar-refractivity contribution is 0.669. The summed E-state index contributed by atoms with van der Waals surface area (Å²) in [6, 6.07) is 52.0. The minimum Gasteiger partial charge on any atom is -0.455 e. The normalized spacial score (nSPS) is 11.6. The van der Waals surface area contributed by atoms with Gasteiger partial charge in [0.15, 0.2) is 17.5 Å². The van der Waals surface area contributed by atoms with Crippen LogP contribution in [-0.2, 0) is 0 Å². The van der Waals surface area contributed by atoms with E-state index >= 15 is 0 Å². The molecule has 0 spiro atoms. The van der Waals surface area contributed by atoms with Crippen molar-refractivity contribution in [3.05, 3.63) is 158 Å². The highest BCUT2D eigenvalue weighted by Crippen LogP contribution is 2.42. The molecule has 0 aliphatic heterocycles. The number of aromatic nitrogens is 4. The fourth-order valence-electron chi connectivity index (χ4n) is 6.85. The van der Waals surface area contributed by atoms with Crippen molar-refractivity contribution in [3.8, 4) is 56.5 Å². The Hall–Kier alpha value is -6.50. The second-order valence-electron chi connectivity index (χ2n) is 12.2. The van der Waals surface area contributed by atoms with Crippen LogP contribution in [0.4, 0.5) is 0 Å². The lowest BCUT2D eigenvalue weighted by Gasteiger charge is -2.10. The van der Waals surface area contributed by atoms with Gasteiger partial charge in [0.25, 0.3) is 0 Å². The summed E-state index contributed by atoms with van der Waals surface area (Å²) in [5.74, 6) is 1.73. The second kappa shape index (κ2) is 11.6. The molecular formula is C44H26N4OS. The van der Waals surface area contributed by atoms with E-state index in [2.05, 4.69) is 83.8 Å². The van der Waals surface area contributed by atoms with Crippen LogP contribution in [0.25, 0.3) is 98.7 Å². The lowest BCUT2D eigenvalue weighted by atomic mass is 9.97. The maximum atomic E-state index is 6.70. The Labute approximate surface area is 291 Å². The van der Waals surface area contributed by atoms with Crippen molar-refractivity contribution in [1.29, 1.82) is 0 Å². The predicted molar refractivity (Wildman–Crippen MR) is 205 cm³/mol. The number of rotatable bonds is 5. The van der Waals surface area contributed by atoms with Gasteiger partial charge in [0, 0.05) is 53.8 Å². The van der Waals surface area contributed by atoms with Crippen molar-refractivity contribution in [3.63, 3.8) is 0 Å². The van der Waals surface area contributed by atoms with Crippen molar-refractivity contribution < 1.29 is 4.42 Å². The molecule has 0 bridgehead atoms. The summed E-state index contributed by atoms with van der Waals surface area (Å²) >= 11 is 1.83. The van der Waals surface area contributed by atoms with Gasteiger partial charge in [-0.2, -0.15) is 0 Å². The Bertz CT molecular complexity index is 2880. The first kappa shape index (κ1) is 28.5. The molecule has 50 heavy (non-hydrogen) atoms. The fourth-order valence-corrected chi connectivity index (χ4v) is 7.94. The number of hydrogen-bond donors (Lipinski definition) is 0. The third kappa shape index (κ3) is 4.77. The molecule has 6 aromatic carbocycles. The maximum Gasteiger partial charge on any atom is 0.167 e. The van der Waals surface area contributed by atoms with Crippen molar-refractivity contribution in [2.75, 3.05) is 0 Å². The van der Waals surface area contributed by atoms with Crippen LogP contribution in [0.15, 0.2) is 162 Å². The van der Waals surface area contributed by atoms with E-state index in [9.17, 15) is 0 Å². The molecule has 5 nitrogen and oxygen atoms in total. The average Bonchev–Trinajstić information content (AvgIpc) is 3.77. The van der Waals surface area contributed by atoms with Crippen LogP contribution in [0, 0.1) is 0 Å². The zero-order valence-corrected chi connectivity index (χ0v) is 27.4. The number of thiophene rings is 1. The van der Waals surface area contributed by atoms with Gasteiger partial charge in [-0.3, -0.25) is 4.98 Å². The van der Waals surface area contributed by atoms with Gasteiger partial charge in [-0.05, 0) is 59.7 Å². The first-order valence-electron chi connectivity index (χ1n) is 16.5. The number of fused-ring (bicyclic) bond motifs is 6. The zero-order chi connectivity index (χ0) is 33.0. The summed E-state index contributed by atoms with van der Waals surface area (Å²) in [5, 5.41) is 4.64. The minimum atomic E-state index is 0.550. The predicted octanol–water partition coefficient (Wildman–Crippen LogP) is 11.9. The summed E-state index contributed by atoms with van der Waals surface area (Å²) < 4.78 is 9.29. The molecule has 4 aromatic heterocycles. The van der Waals surface area contributed by atoms with E-state index in [4.69, 9.17) is 19.4 Å². The van der Waals surface area contributed by atoms with Crippen LogP contribution in [0.3, 0.4) is 0 Å². The quantitative estimate of drug-likeness (QED) is 0.184. The van der Waals surface area contributed by atoms with Gasteiger partial charge in [0.05, 0.1) is 11.3 Å². The van der Waals surface area contributed by atoms with Gasteiger partial charge in [0.1, 0.15) is 11.2 Å². The van der Waals surface area contributed by atoms with Crippen LogP contribution in [0.5, 0.6) is 0 Å². The van der Waals surface area contributed by atoms with Crippen LogP contribution >= 0.6 is 11.3 Å². The number of benzene rings is 6. The van der Waals surface area contributed by atoms with Crippen molar-refractivity contribution in [1.82, 2.24) is 19.9 Å². The third-order valence-corrected chi connectivity index (χ3v) is 10.4. The molecule has 0 aliphatic rings. The summed E-state index contributed by atoms with van der Waals surface area (Å²) in [5.41, 5.74) is 8.33. The van der Waals surface area contributed by atoms with E-state index in [1.807, 2.05) is 84.1 Å². The maximum absolute atomic E-state index is 6.70. The monoisotopic (exact) mass is 658 g/mol. The van der Waals surface area contributed by atoms with E-state index < -0.39 is 0 Å². The van der Waals surface area contributed by atoms with E-state index in [0.717, 1.165) is 61.0 Å². The van der Waals surface area contributed by atoms with Crippen molar-refractivity contribution >= 4 is 53.4 Å². The number of furan rings is 1. The third-order valence-electron chi connectivity index (χ3n) is 9.20. The summed E-state index contributed by atoms with van der Waals surface area (Å²) in [7, 11) is 0. The molecule has 0 saturated carbocycles. The highest BCUT2D eigenvalue weighted by molar-refractivity contribution is 7.25. The standard InChI is InChI=1S/C44H26N4OS/c1-2-11-27(12-3-1)42-46-43(30-14-8-13-29(25-30)36-19-6-7-24-45-36)48-44(47-42)34-18-9-17-33-40-31(16-10-20-37(40)49-41(33)34)28-22-23-39-35(26-28)32-15-4-5-21-38(32)50-39/h1-26H. The zero-order valence-electron chi connectivity index (χ0n) is 26.6. The Balaban J connectivity index is 1.16. The molecule has 0 unspecified atom stereocenters. The molecule has 10 aromatic rings. The molecule has 6 heteroatoms. The summed E-state index contributed by atoms with van der Waals surface area (Å²) in [6.45, 7) is 0. The van der Waals surface area contributed by atoms with Gasteiger partial charge in [0.2, 0.25) is 0 Å². The Morgan fingerprint density at radius 2 is 1.14 bits per heavy atom. The average molecular weight is 659 g/mol. The van der Waals surface area contributed by atoms with E-state index in [-0.39, 0.29) is 0 Å². The molecule has 0 radical (unpaired) electrons. The van der Waals surface area contributed by atoms with Crippen LogP contribution < -0.4 is 0 Å². The number of para-hydroxylation sites is 1. The Morgan fingerprint density at radius 1 is 0.440 bits per heavy atom. The van der Waals surface area contributed by atoms with Crippen LogP contribution in [-0.4, -0.2) is 19.9 Å². The molecule has 0 amide bonds. The summed E-state index contributed by atoms with van der Waals surface area (Å²) in [4.78, 5) is 19.7. The molecule has 234 valence electrons. The van der Waals surface area contributed by atoms with E-state index in [1.165, 1.54) is 20.2 Å². The van der Waals surface area contributed by atoms with Crippen molar-refractivity contribution in [2.24, 2.45) is 0 Å². The van der Waals surface area contributed by atoms with Gasteiger partial charge >= 0.3 is 0 Å². The van der Waals surface area contributed by atoms with Crippen LogP contribution in [0.2, 0.25) is 0 Å². The van der Waals surface area contributed by atoms with Gasteiger partial charge in [-0.1, -0.05) is 103 Å². The Morgan fingerprint density at radius 3 is 2.04 bits per heavy atom. The van der Waals surface area contributed by atoms with Gasteiger partial charge in [-0.15, -0.1) is 11.3 Å². The fraction of sp³-hybridized carbons (Fsp3) is 0. The van der Waals surface area contributed by atoms with Gasteiger partial charge < -0.3 is 4.42 Å². The van der Waals surface area contributed by atoms with E-state index in [1.54, 1.807) is 6.20 Å². The van der Waals surface area contributed by atoms with Crippen LogP contribution in [0.1, 0.15) is 0 Å². The first-order valence-corrected chi connectivity index (χ1v) is 17.3. The topological polar surface area (TPSA) is 64.7 Å². The van der Waals surface area contributed by atoms with Gasteiger partial charge in [-0.25, -0.2) is 15.0 Å². The SMILES string of the molecule is c1ccc(-c2nc(-c3cccc(-c4ccccn4)c3)nc(-c3cccc4c3oc3cccc(-c5ccc6sc7ccccc7c6c5)c34)n2)cc1. The summed E-state index contributed by atoms with van der Waals surface area (Å²) in [6.07, 6.45) is 1.80. The molecule has 0 aliphatic carbocycles. The molecule has 0 fully saturated rings. The smallest absolute Gasteiger partial charge is 0.167 e.